The number of hydrogen-bond acceptors (Lipinski definition) is 3. The average molecular weight is 310 g/mol. The summed E-state index contributed by atoms with van der Waals surface area (Å²) in [5.74, 6) is -0.277. The average Bonchev–Trinajstić information content (AvgIpc) is 2.43. The normalized spacial score (nSPS) is 10.3. The Bertz CT molecular complexity index is 636. The van der Waals surface area contributed by atoms with Crippen molar-refractivity contribution in [2.24, 2.45) is 0 Å². The second kappa shape index (κ2) is 6.11. The Morgan fingerprint density at radius 3 is 2.80 bits per heavy atom. The van der Waals surface area contributed by atoms with Gasteiger partial charge in [0.15, 0.2) is 0 Å². The lowest BCUT2D eigenvalue weighted by Crippen LogP contribution is -2.24. The van der Waals surface area contributed by atoms with Crippen LogP contribution in [0.25, 0.3) is 0 Å². The van der Waals surface area contributed by atoms with Crippen LogP contribution in [0.15, 0.2) is 30.5 Å². The van der Waals surface area contributed by atoms with E-state index in [2.05, 4.69) is 10.3 Å². The van der Waals surface area contributed by atoms with Crippen LogP contribution in [0, 0.1) is 6.92 Å². The van der Waals surface area contributed by atoms with Crippen LogP contribution >= 0.6 is 23.2 Å². The molecule has 0 radical (unpaired) electrons. The van der Waals surface area contributed by atoms with Crippen LogP contribution in [0.3, 0.4) is 0 Å². The molecule has 0 saturated carbocycles. The first-order valence-electron chi connectivity index (χ1n) is 5.92. The summed E-state index contributed by atoms with van der Waals surface area (Å²) in [6, 6.07) is 6.77. The molecule has 0 atom stereocenters. The Kier molecular flexibility index (Phi) is 4.47. The number of nitrogen functional groups attached to an aromatic ring is 1. The minimum Gasteiger partial charge on any atom is -0.397 e. The van der Waals surface area contributed by atoms with Crippen molar-refractivity contribution in [2.75, 3.05) is 5.73 Å². The highest BCUT2D eigenvalue weighted by Crippen LogP contribution is 2.29. The van der Waals surface area contributed by atoms with Crippen LogP contribution in [0.1, 0.15) is 21.6 Å². The molecule has 104 valence electrons. The second-order valence-corrected chi connectivity index (χ2v) is 5.10. The van der Waals surface area contributed by atoms with Gasteiger partial charge in [0.05, 0.1) is 28.0 Å². The van der Waals surface area contributed by atoms with E-state index >= 15 is 0 Å². The molecule has 0 aliphatic heterocycles. The van der Waals surface area contributed by atoms with Crippen molar-refractivity contribution in [1.29, 1.82) is 0 Å². The topological polar surface area (TPSA) is 68.0 Å². The Hall–Kier alpha value is -1.78. The molecule has 1 heterocycles. The monoisotopic (exact) mass is 309 g/mol. The summed E-state index contributed by atoms with van der Waals surface area (Å²) in [6.45, 7) is 2.28. The number of anilines is 1. The molecule has 3 N–H and O–H groups in total. The van der Waals surface area contributed by atoms with E-state index in [-0.39, 0.29) is 21.6 Å². The van der Waals surface area contributed by atoms with Gasteiger partial charge in [-0.05, 0) is 30.7 Å². The van der Waals surface area contributed by atoms with Crippen molar-refractivity contribution in [2.45, 2.75) is 13.5 Å². The molecule has 2 rings (SSSR count). The number of hydrogen-bond donors (Lipinski definition) is 2. The Labute approximate surface area is 126 Å². The Balaban J connectivity index is 2.11. The Morgan fingerprint density at radius 1 is 1.40 bits per heavy atom. The molecule has 2 aromatic rings. The molecule has 4 nitrogen and oxygen atoms in total. The van der Waals surface area contributed by atoms with Gasteiger partial charge in [-0.3, -0.25) is 9.78 Å². The molecule has 0 bridgehead atoms. The first-order valence-corrected chi connectivity index (χ1v) is 6.68. The van der Waals surface area contributed by atoms with Gasteiger partial charge >= 0.3 is 0 Å². The van der Waals surface area contributed by atoms with Gasteiger partial charge in [0.1, 0.15) is 0 Å². The first kappa shape index (κ1) is 14.6. The number of nitrogens with zero attached hydrogens (tertiary/aromatic N) is 1. The lowest BCUT2D eigenvalue weighted by molar-refractivity contribution is 0.0950. The molecule has 1 aromatic carbocycles. The summed E-state index contributed by atoms with van der Waals surface area (Å²) in [7, 11) is 0. The summed E-state index contributed by atoms with van der Waals surface area (Å²) in [5.41, 5.74) is 8.15. The molecule has 0 saturated heterocycles. The number of aromatic nitrogens is 1. The highest BCUT2D eigenvalue weighted by molar-refractivity contribution is 6.43. The van der Waals surface area contributed by atoms with E-state index in [1.807, 2.05) is 19.1 Å². The summed E-state index contributed by atoms with van der Waals surface area (Å²) in [4.78, 5) is 16.3. The van der Waals surface area contributed by atoms with Crippen molar-refractivity contribution < 1.29 is 4.79 Å². The van der Waals surface area contributed by atoms with E-state index in [1.165, 1.54) is 12.1 Å². The molecule has 0 aliphatic carbocycles. The molecule has 6 heteroatoms. The van der Waals surface area contributed by atoms with E-state index in [1.54, 1.807) is 6.20 Å². The number of aryl methyl sites for hydroxylation is 1. The largest absolute Gasteiger partial charge is 0.397 e. The van der Waals surface area contributed by atoms with Crippen LogP contribution in [0.4, 0.5) is 5.69 Å². The van der Waals surface area contributed by atoms with Crippen molar-refractivity contribution in [1.82, 2.24) is 10.3 Å². The van der Waals surface area contributed by atoms with Gasteiger partial charge < -0.3 is 11.1 Å². The maximum atomic E-state index is 12.0. The number of benzene rings is 1. The van der Waals surface area contributed by atoms with E-state index in [9.17, 15) is 4.79 Å². The number of rotatable bonds is 3. The number of carbonyl (C=O) groups excluding carboxylic acids is 1. The summed E-state index contributed by atoms with van der Waals surface area (Å²) in [6.07, 6.45) is 1.69. The molecule has 1 aromatic heterocycles. The van der Waals surface area contributed by atoms with Crippen LogP contribution in [0.2, 0.25) is 10.0 Å². The molecule has 0 fully saturated rings. The van der Waals surface area contributed by atoms with Crippen LogP contribution in [-0.4, -0.2) is 10.9 Å². The molecule has 20 heavy (non-hydrogen) atoms. The van der Waals surface area contributed by atoms with Crippen molar-refractivity contribution in [3.05, 3.63) is 57.3 Å². The number of amides is 1. The lowest BCUT2D eigenvalue weighted by Gasteiger charge is -2.09. The van der Waals surface area contributed by atoms with E-state index < -0.39 is 0 Å². The SMILES string of the molecule is Cc1cccnc1CNC(=O)c1cc(N)c(Cl)c(Cl)c1. The molecule has 0 spiro atoms. The fourth-order valence-corrected chi connectivity index (χ4v) is 2.05. The molecular weight excluding hydrogens is 297 g/mol. The van der Waals surface area contributed by atoms with Gasteiger partial charge in [0.2, 0.25) is 0 Å². The van der Waals surface area contributed by atoms with Gasteiger partial charge in [-0.25, -0.2) is 0 Å². The van der Waals surface area contributed by atoms with Crippen LogP contribution < -0.4 is 11.1 Å². The standard InChI is InChI=1S/C14H13Cl2N3O/c1-8-3-2-4-18-12(8)7-19-14(20)9-5-10(15)13(16)11(17)6-9/h2-6H,7,17H2,1H3,(H,19,20). The van der Waals surface area contributed by atoms with Gasteiger partial charge in [-0.2, -0.15) is 0 Å². The van der Waals surface area contributed by atoms with E-state index in [4.69, 9.17) is 28.9 Å². The van der Waals surface area contributed by atoms with E-state index in [0.717, 1.165) is 11.3 Å². The number of nitrogens with one attached hydrogen (secondary N) is 1. The maximum absolute atomic E-state index is 12.0. The van der Waals surface area contributed by atoms with E-state index in [0.29, 0.717) is 12.1 Å². The molecule has 0 unspecified atom stereocenters. The summed E-state index contributed by atoms with van der Waals surface area (Å²) < 4.78 is 0. The third-order valence-corrected chi connectivity index (χ3v) is 3.67. The third-order valence-electron chi connectivity index (χ3n) is 2.85. The third kappa shape index (κ3) is 3.21. The smallest absolute Gasteiger partial charge is 0.251 e. The number of carbonyl (C=O) groups is 1. The maximum Gasteiger partial charge on any atom is 0.251 e. The number of pyridine rings is 1. The van der Waals surface area contributed by atoms with Crippen molar-refractivity contribution in [3.63, 3.8) is 0 Å². The zero-order valence-electron chi connectivity index (χ0n) is 10.8. The summed E-state index contributed by atoms with van der Waals surface area (Å²) in [5, 5.41) is 3.28. The Morgan fingerprint density at radius 2 is 2.15 bits per heavy atom. The molecule has 0 aliphatic rings. The number of halogens is 2. The zero-order valence-corrected chi connectivity index (χ0v) is 12.3. The van der Waals surface area contributed by atoms with Crippen LogP contribution in [0.5, 0.6) is 0 Å². The van der Waals surface area contributed by atoms with Gasteiger partial charge in [0.25, 0.3) is 5.91 Å². The van der Waals surface area contributed by atoms with Gasteiger partial charge in [-0.1, -0.05) is 29.3 Å². The quantitative estimate of drug-likeness (QED) is 0.855. The van der Waals surface area contributed by atoms with Gasteiger partial charge in [-0.15, -0.1) is 0 Å². The number of nitrogens with two attached hydrogens (primary N) is 1. The first-order chi connectivity index (χ1) is 9.49. The minimum absolute atomic E-state index is 0.254. The summed E-state index contributed by atoms with van der Waals surface area (Å²) >= 11 is 11.8. The predicted octanol–water partition coefficient (Wildman–Crippen LogP) is 3.21. The fraction of sp³-hybridized carbons (Fsp3) is 0.143. The molecular formula is C14H13Cl2N3O. The minimum atomic E-state index is -0.277. The lowest BCUT2D eigenvalue weighted by atomic mass is 10.1. The molecule has 1 amide bonds. The van der Waals surface area contributed by atoms with Gasteiger partial charge in [0, 0.05) is 11.8 Å². The second-order valence-electron chi connectivity index (χ2n) is 4.31. The zero-order chi connectivity index (χ0) is 14.7. The van der Waals surface area contributed by atoms with Crippen LogP contribution in [-0.2, 0) is 6.54 Å². The van der Waals surface area contributed by atoms with Crippen molar-refractivity contribution in [3.8, 4) is 0 Å². The van der Waals surface area contributed by atoms with Crippen molar-refractivity contribution >= 4 is 34.8 Å². The fourth-order valence-electron chi connectivity index (χ4n) is 1.71. The highest BCUT2D eigenvalue weighted by atomic mass is 35.5. The highest BCUT2D eigenvalue weighted by Gasteiger charge is 2.11. The predicted molar refractivity (Wildman–Crippen MR) is 81.0 cm³/mol.